The highest BCUT2D eigenvalue weighted by Gasteiger charge is 2.64. The van der Waals surface area contributed by atoms with Crippen molar-refractivity contribution >= 4 is 17.6 Å². The van der Waals surface area contributed by atoms with Gasteiger partial charge < -0.3 is 17.3 Å². The fraction of sp³-hybridized carbons (Fsp3) is 0.696. The molecule has 0 spiro atoms. The molecule has 1 aromatic rings. The lowest BCUT2D eigenvalue weighted by Crippen LogP contribution is -3.00. The minimum absolute atomic E-state index is 0. The van der Waals surface area contributed by atoms with Crippen molar-refractivity contribution in [1.29, 1.82) is 0 Å². The maximum atomic E-state index is 13.1. The highest BCUT2D eigenvalue weighted by Crippen LogP contribution is 2.60. The van der Waals surface area contributed by atoms with Crippen LogP contribution in [-0.2, 0) is 9.59 Å². The van der Waals surface area contributed by atoms with Crippen molar-refractivity contribution in [2.45, 2.75) is 46.5 Å². The first-order chi connectivity index (χ1) is 13.8. The van der Waals surface area contributed by atoms with Crippen LogP contribution in [0.25, 0.3) is 0 Å². The summed E-state index contributed by atoms with van der Waals surface area (Å²) in [5, 5.41) is 0. The predicted molar refractivity (Wildman–Crippen MR) is 113 cm³/mol. The number of pyridine rings is 1. The van der Waals surface area contributed by atoms with E-state index in [0.717, 1.165) is 64.2 Å². The van der Waals surface area contributed by atoms with Gasteiger partial charge in [-0.3, -0.25) is 19.4 Å². The summed E-state index contributed by atoms with van der Waals surface area (Å²) in [5.74, 6) is 1.19. The zero-order valence-electron chi connectivity index (χ0n) is 18.4. The molecule has 30 heavy (non-hydrogen) atoms. The molecule has 0 aromatic carbocycles. The molecule has 1 saturated carbocycles. The van der Waals surface area contributed by atoms with Gasteiger partial charge in [0.1, 0.15) is 5.82 Å². The van der Waals surface area contributed by atoms with Crippen LogP contribution in [0.4, 0.5) is 5.82 Å². The van der Waals surface area contributed by atoms with Crippen molar-refractivity contribution in [3.05, 3.63) is 24.4 Å². The van der Waals surface area contributed by atoms with Crippen LogP contribution in [0.3, 0.4) is 0 Å². The van der Waals surface area contributed by atoms with Gasteiger partial charge in [-0.1, -0.05) is 26.8 Å². The second kappa shape index (κ2) is 8.83. The van der Waals surface area contributed by atoms with Gasteiger partial charge >= 0.3 is 0 Å². The standard InChI is InChI=1S/C23H34N4O2.ClH/c1-22(2)18-9-10-23(22,3)21(29)27(20(18)28)13-7-6-12-25-14-16-26(17-15-25)19-8-4-5-11-24-19;/h4-5,8,11,18H,6-7,9-10,12-17H2,1-3H3;1H/p-1/t18?,23-;/m1./s1. The number of nitrogens with zero attached hydrogens (tertiary/aromatic N) is 4. The third-order valence-electron chi connectivity index (χ3n) is 7.96. The molecule has 2 aliphatic heterocycles. The molecule has 1 aliphatic carbocycles. The Kier molecular flexibility index (Phi) is 6.78. The summed E-state index contributed by atoms with van der Waals surface area (Å²) in [7, 11) is 0. The molecule has 4 rings (SSSR count). The van der Waals surface area contributed by atoms with Gasteiger partial charge in [0.2, 0.25) is 11.8 Å². The van der Waals surface area contributed by atoms with Gasteiger partial charge in [-0.2, -0.15) is 0 Å². The summed E-state index contributed by atoms with van der Waals surface area (Å²) in [6.07, 6.45) is 5.45. The Labute approximate surface area is 186 Å². The Bertz CT molecular complexity index is 764. The largest absolute Gasteiger partial charge is 1.00 e. The lowest BCUT2D eigenvalue weighted by molar-refractivity contribution is -0.167. The highest BCUT2D eigenvalue weighted by molar-refractivity contribution is 6.03. The van der Waals surface area contributed by atoms with Crippen molar-refractivity contribution < 1.29 is 22.0 Å². The number of rotatable bonds is 6. The third kappa shape index (κ3) is 3.84. The van der Waals surface area contributed by atoms with E-state index < -0.39 is 0 Å². The Hall–Kier alpha value is -1.66. The van der Waals surface area contributed by atoms with Gasteiger partial charge in [-0.25, -0.2) is 4.98 Å². The average molecular weight is 434 g/mol. The van der Waals surface area contributed by atoms with E-state index in [-0.39, 0.29) is 41.0 Å². The van der Waals surface area contributed by atoms with Crippen LogP contribution < -0.4 is 17.3 Å². The van der Waals surface area contributed by atoms with E-state index in [2.05, 4.69) is 41.6 Å². The number of halogens is 1. The van der Waals surface area contributed by atoms with E-state index in [9.17, 15) is 9.59 Å². The van der Waals surface area contributed by atoms with E-state index in [1.54, 1.807) is 4.90 Å². The Morgan fingerprint density at radius 3 is 2.40 bits per heavy atom. The minimum atomic E-state index is -0.382. The molecule has 3 aliphatic rings. The summed E-state index contributed by atoms with van der Waals surface area (Å²) in [4.78, 5) is 36.8. The molecular formula is C23H34ClN4O2-. The van der Waals surface area contributed by atoms with Crippen LogP contribution in [0.2, 0.25) is 0 Å². The molecule has 1 aromatic heterocycles. The average Bonchev–Trinajstić information content (AvgIpc) is 2.92. The molecule has 2 amide bonds. The van der Waals surface area contributed by atoms with Crippen LogP contribution in [0.1, 0.15) is 46.5 Å². The lowest BCUT2D eigenvalue weighted by Gasteiger charge is -2.47. The summed E-state index contributed by atoms with van der Waals surface area (Å²) >= 11 is 0. The smallest absolute Gasteiger partial charge is 0.235 e. The predicted octanol–water partition coefficient (Wildman–Crippen LogP) is -0.201. The van der Waals surface area contributed by atoms with Gasteiger partial charge in [-0.05, 0) is 49.8 Å². The molecule has 7 heteroatoms. The number of likely N-dealkylation sites (tertiary alicyclic amines) is 1. The number of anilines is 1. The molecule has 0 radical (unpaired) electrons. The van der Waals surface area contributed by atoms with Gasteiger partial charge in [0.15, 0.2) is 0 Å². The van der Waals surface area contributed by atoms with E-state index in [0.29, 0.717) is 6.54 Å². The van der Waals surface area contributed by atoms with Crippen molar-refractivity contribution in [3.8, 4) is 0 Å². The van der Waals surface area contributed by atoms with Crippen LogP contribution >= 0.6 is 0 Å². The quantitative estimate of drug-likeness (QED) is 0.459. The number of amides is 2. The van der Waals surface area contributed by atoms with Gasteiger partial charge in [-0.15, -0.1) is 0 Å². The summed E-state index contributed by atoms with van der Waals surface area (Å²) in [6, 6.07) is 6.05. The SMILES string of the molecule is CC1(C)C2CC[C@]1(C)C(=O)N(CCCCN1CCN(c3ccccn3)CC1)C2=O.[Cl-]. The number of fused-ring (bicyclic) bond motifs is 2. The number of piperazine rings is 1. The summed E-state index contributed by atoms with van der Waals surface area (Å²) in [5.41, 5.74) is -0.599. The highest BCUT2D eigenvalue weighted by atomic mass is 35.5. The molecular weight excluding hydrogens is 400 g/mol. The zero-order valence-corrected chi connectivity index (χ0v) is 19.2. The minimum Gasteiger partial charge on any atom is -1.00 e. The summed E-state index contributed by atoms with van der Waals surface area (Å²) in [6.45, 7) is 11.9. The van der Waals surface area contributed by atoms with E-state index in [4.69, 9.17) is 0 Å². The molecule has 2 saturated heterocycles. The number of piperidine rings is 1. The molecule has 1 unspecified atom stereocenters. The first-order valence-corrected chi connectivity index (χ1v) is 11.1. The normalized spacial score (nSPS) is 28.6. The van der Waals surface area contributed by atoms with Crippen LogP contribution in [-0.4, -0.2) is 65.9 Å². The second-order valence-corrected chi connectivity index (χ2v) is 9.66. The second-order valence-electron chi connectivity index (χ2n) is 9.66. The van der Waals surface area contributed by atoms with Crippen molar-refractivity contribution in [3.63, 3.8) is 0 Å². The zero-order chi connectivity index (χ0) is 20.6. The number of carbonyl (C=O) groups excluding carboxylic acids is 2. The monoisotopic (exact) mass is 433 g/mol. The maximum absolute atomic E-state index is 13.1. The van der Waals surface area contributed by atoms with Crippen molar-refractivity contribution in [2.75, 3.05) is 44.2 Å². The molecule has 166 valence electrons. The molecule has 6 nitrogen and oxygen atoms in total. The first kappa shape index (κ1) is 23.0. The number of hydrogen-bond donors (Lipinski definition) is 0. The van der Waals surface area contributed by atoms with Gasteiger partial charge in [0, 0.05) is 44.8 Å². The van der Waals surface area contributed by atoms with Gasteiger partial charge in [0.25, 0.3) is 0 Å². The Balaban J connectivity index is 0.00000256. The molecule has 2 bridgehead atoms. The fourth-order valence-corrected chi connectivity index (χ4v) is 5.46. The topological polar surface area (TPSA) is 56.8 Å². The Morgan fingerprint density at radius 2 is 1.73 bits per heavy atom. The van der Waals surface area contributed by atoms with E-state index >= 15 is 0 Å². The molecule has 3 fully saturated rings. The third-order valence-corrected chi connectivity index (χ3v) is 7.96. The summed E-state index contributed by atoms with van der Waals surface area (Å²) < 4.78 is 0. The van der Waals surface area contributed by atoms with Gasteiger partial charge in [0.05, 0.1) is 5.41 Å². The van der Waals surface area contributed by atoms with E-state index in [1.165, 1.54) is 0 Å². The van der Waals surface area contributed by atoms with E-state index in [1.807, 2.05) is 18.3 Å². The maximum Gasteiger partial charge on any atom is 0.235 e. The van der Waals surface area contributed by atoms with Crippen LogP contribution in [0.5, 0.6) is 0 Å². The number of imide groups is 1. The fourth-order valence-electron chi connectivity index (χ4n) is 5.46. The van der Waals surface area contributed by atoms with Crippen LogP contribution in [0, 0.1) is 16.7 Å². The van der Waals surface area contributed by atoms with Crippen molar-refractivity contribution in [2.24, 2.45) is 16.7 Å². The number of carbonyl (C=O) groups is 2. The number of unbranched alkanes of at least 4 members (excludes halogenated alkanes) is 1. The van der Waals surface area contributed by atoms with Crippen molar-refractivity contribution in [1.82, 2.24) is 14.8 Å². The lowest BCUT2D eigenvalue weighted by atomic mass is 9.62. The molecule has 2 atom stereocenters. The molecule has 3 heterocycles. The van der Waals surface area contributed by atoms with Crippen LogP contribution in [0.15, 0.2) is 24.4 Å². The first-order valence-electron chi connectivity index (χ1n) is 11.1. The number of aromatic nitrogens is 1. The number of hydrogen-bond acceptors (Lipinski definition) is 5. The molecule has 0 N–H and O–H groups in total. The Morgan fingerprint density at radius 1 is 1.03 bits per heavy atom.